The van der Waals surface area contributed by atoms with Gasteiger partial charge in [-0.1, -0.05) is 184 Å². The zero-order chi connectivity index (χ0) is 66.0. The predicted octanol–water partition coefficient (Wildman–Crippen LogP) is 25.0. The zero-order valence-corrected chi connectivity index (χ0v) is 60.7. The van der Waals surface area contributed by atoms with Gasteiger partial charge >= 0.3 is 0 Å². The lowest BCUT2D eigenvalue weighted by Crippen LogP contribution is -1.98. The fourth-order valence-corrected chi connectivity index (χ4v) is 10.0. The van der Waals surface area contributed by atoms with Crippen molar-refractivity contribution in [2.45, 2.75) is 222 Å². The highest BCUT2D eigenvalue weighted by atomic mass is 14.1. The second-order valence-electron chi connectivity index (χ2n) is 25.3. The first kappa shape index (κ1) is 77.0. The molecular formula is C86H118. The smallest absolute Gasteiger partial charge is 0.0392 e. The predicted molar refractivity (Wildman–Crippen MR) is 390 cm³/mol. The van der Waals surface area contributed by atoms with Crippen LogP contribution in [0.5, 0.6) is 0 Å². The van der Waals surface area contributed by atoms with E-state index in [1.807, 2.05) is 0 Å². The third-order valence-corrected chi connectivity index (χ3v) is 17.6. The van der Waals surface area contributed by atoms with Crippen molar-refractivity contribution in [3.63, 3.8) is 0 Å². The normalized spacial score (nSPS) is 9.86. The number of hydrogen-bond acceptors (Lipinski definition) is 0. The van der Waals surface area contributed by atoms with Crippen molar-refractivity contribution < 1.29 is 0 Å². The molecule has 0 atom stereocenters. The van der Waals surface area contributed by atoms with E-state index in [1.165, 1.54) is 178 Å². The first-order chi connectivity index (χ1) is 39.9. The molecule has 0 spiro atoms. The van der Waals surface area contributed by atoms with E-state index < -0.39 is 0 Å². The van der Waals surface area contributed by atoms with Gasteiger partial charge in [-0.3, -0.25) is 0 Å². The first-order valence-corrected chi connectivity index (χ1v) is 31.2. The van der Waals surface area contributed by atoms with E-state index in [0.717, 1.165) is 0 Å². The number of rotatable bonds is 0. The number of aryl methyl sites for hydroxylation is 21. The maximum absolute atomic E-state index is 2.26. The van der Waals surface area contributed by atoms with Gasteiger partial charge in [-0.25, -0.2) is 0 Å². The largest absolute Gasteiger partial charge is 0.0620 e. The zero-order valence-electron chi connectivity index (χ0n) is 60.7. The summed E-state index contributed by atoms with van der Waals surface area (Å²) < 4.78 is 0. The van der Waals surface area contributed by atoms with E-state index in [0.29, 0.717) is 0 Å². The third kappa shape index (κ3) is 27.1. The molecule has 0 heteroatoms. The van der Waals surface area contributed by atoms with Crippen LogP contribution in [0.15, 0.2) is 133 Å². The molecule has 0 amide bonds. The molecule has 0 aliphatic heterocycles. The molecule has 0 heterocycles. The summed E-state index contributed by atoms with van der Waals surface area (Å²) in [4.78, 5) is 0. The Labute approximate surface area is 530 Å². The van der Waals surface area contributed by atoms with Crippen LogP contribution >= 0.6 is 0 Å². The fourth-order valence-electron chi connectivity index (χ4n) is 10.0. The second-order valence-corrected chi connectivity index (χ2v) is 25.3. The minimum atomic E-state index is 1.33. The van der Waals surface area contributed by atoms with Crippen molar-refractivity contribution in [3.8, 4) is 0 Å². The summed E-state index contributed by atoms with van der Waals surface area (Å²) in [6, 6.07) is 47.5. The van der Waals surface area contributed by atoms with E-state index in [2.05, 4.69) is 355 Å². The molecule has 0 aliphatic carbocycles. The molecule has 9 aromatic rings. The molecule has 0 unspecified atom stereocenters. The van der Waals surface area contributed by atoms with Crippen molar-refractivity contribution in [3.05, 3.63) is 311 Å². The SMILES string of the molecule is Cc1c(C)c(C)c(C)c(C)c1C.Cc1cc(C)c(C)c(C)c1.Cc1cc(C)c(C)c(C)c1.Cc1cc(C)c(C)c(C)c1C.Cc1cc(C)c(C)cc1C.Cc1cc(C)cc(C)c1.Cc1ccc(C)cc1.Cc1cccc(C)c1.Cc1ccccc1C. The van der Waals surface area contributed by atoms with Crippen LogP contribution in [-0.4, -0.2) is 0 Å². The lowest BCUT2D eigenvalue weighted by molar-refractivity contribution is 1.13. The Morgan fingerprint density at radius 2 is 0.314 bits per heavy atom. The van der Waals surface area contributed by atoms with Crippen LogP contribution in [0.3, 0.4) is 0 Å². The van der Waals surface area contributed by atoms with Crippen LogP contribution in [0.2, 0.25) is 0 Å². The summed E-state index contributed by atoms with van der Waals surface area (Å²) in [6.45, 7) is 69.1. The van der Waals surface area contributed by atoms with Crippen LogP contribution in [-0.2, 0) is 0 Å². The van der Waals surface area contributed by atoms with Gasteiger partial charge in [0.1, 0.15) is 0 Å². The summed E-state index contributed by atoms with van der Waals surface area (Å²) in [5.41, 5.74) is 44.7. The highest BCUT2D eigenvalue weighted by Gasteiger charge is 2.08. The Hall–Kier alpha value is -7.02. The topological polar surface area (TPSA) is 0 Å². The van der Waals surface area contributed by atoms with E-state index >= 15 is 0 Å². The van der Waals surface area contributed by atoms with Gasteiger partial charge in [-0.2, -0.15) is 0 Å². The van der Waals surface area contributed by atoms with Gasteiger partial charge in [0.05, 0.1) is 0 Å². The van der Waals surface area contributed by atoms with E-state index in [-0.39, 0.29) is 0 Å². The molecule has 0 aliphatic rings. The summed E-state index contributed by atoms with van der Waals surface area (Å²) in [5, 5.41) is 0. The third-order valence-electron chi connectivity index (χ3n) is 17.6. The lowest BCUT2D eigenvalue weighted by atomic mass is 9.90. The molecule has 0 bridgehead atoms. The minimum Gasteiger partial charge on any atom is -0.0620 e. The second kappa shape index (κ2) is 37.5. The van der Waals surface area contributed by atoms with Gasteiger partial charge < -0.3 is 0 Å². The van der Waals surface area contributed by atoms with Gasteiger partial charge in [-0.15, -0.1) is 0 Å². The van der Waals surface area contributed by atoms with E-state index in [9.17, 15) is 0 Å². The molecule has 9 rings (SSSR count). The summed E-state index contributed by atoms with van der Waals surface area (Å²) in [6.07, 6.45) is 0. The summed E-state index contributed by atoms with van der Waals surface area (Å²) >= 11 is 0. The Bertz CT molecular complexity index is 3170. The molecule has 0 saturated carbocycles. The maximum atomic E-state index is 2.26. The molecule has 0 saturated heterocycles. The van der Waals surface area contributed by atoms with Crippen LogP contribution in [0.1, 0.15) is 178 Å². The minimum absolute atomic E-state index is 1.33. The van der Waals surface area contributed by atoms with Gasteiger partial charge in [-0.05, 0) is 350 Å². The van der Waals surface area contributed by atoms with Crippen molar-refractivity contribution in [1.29, 1.82) is 0 Å². The highest BCUT2D eigenvalue weighted by Crippen LogP contribution is 2.25. The molecule has 0 aromatic heterocycles. The molecule has 0 nitrogen and oxygen atoms in total. The standard InChI is InChI=1S/C12H18.C11H16.3C10H14.C9H12.3C8H10/c1-7-8(2)10(4)12(6)11(5)9(7)3;1-7-6-8(2)10(4)11(5)9(7)3;1-7-5-9(3)10(4)6-8(7)2;2*1-7-5-8(2)10(4)9(3)6-7;1-7-4-8(2)6-9(3)5-7;1-7-3-5-8(2)6-4-7;1-7-4-3-5-8(2)6-7;1-7-5-3-4-6-8(7)2/h1-6H3;6H,1-5H3;3*5-6H,1-4H3;4-6H,1-3H3;3*3-6H,1-2H3. The van der Waals surface area contributed by atoms with Crippen LogP contribution in [0.4, 0.5) is 0 Å². The van der Waals surface area contributed by atoms with Crippen LogP contribution in [0.25, 0.3) is 0 Å². The first-order valence-electron chi connectivity index (χ1n) is 31.2. The number of hydrogen-bond donors (Lipinski definition) is 0. The lowest BCUT2D eigenvalue weighted by Gasteiger charge is -2.15. The summed E-state index contributed by atoms with van der Waals surface area (Å²) in [7, 11) is 0. The van der Waals surface area contributed by atoms with E-state index in [1.54, 1.807) is 0 Å². The molecular weight excluding hydrogens is 1030 g/mol. The number of benzene rings is 9. The maximum Gasteiger partial charge on any atom is -0.0392 e. The molecule has 0 fully saturated rings. The average molecular weight is 1150 g/mol. The Morgan fingerprint density at radius 3 is 0.535 bits per heavy atom. The molecule has 462 valence electrons. The van der Waals surface area contributed by atoms with Gasteiger partial charge in [0.25, 0.3) is 0 Å². The quantitative estimate of drug-likeness (QED) is 0.142. The highest BCUT2D eigenvalue weighted by molar-refractivity contribution is 5.49. The van der Waals surface area contributed by atoms with Crippen LogP contribution in [0, 0.1) is 222 Å². The fraction of sp³-hybridized carbons (Fsp3) is 0.372. The van der Waals surface area contributed by atoms with Crippen molar-refractivity contribution >= 4 is 0 Å². The van der Waals surface area contributed by atoms with Crippen LogP contribution < -0.4 is 0 Å². The molecule has 9 aromatic carbocycles. The molecule has 0 radical (unpaired) electrons. The van der Waals surface area contributed by atoms with Crippen molar-refractivity contribution in [2.75, 3.05) is 0 Å². The molecule has 0 N–H and O–H groups in total. The van der Waals surface area contributed by atoms with E-state index in [4.69, 9.17) is 0 Å². The molecule has 86 heavy (non-hydrogen) atoms. The van der Waals surface area contributed by atoms with Gasteiger partial charge in [0, 0.05) is 0 Å². The van der Waals surface area contributed by atoms with Crippen molar-refractivity contribution in [2.24, 2.45) is 0 Å². The summed E-state index contributed by atoms with van der Waals surface area (Å²) in [5.74, 6) is 0. The monoisotopic (exact) mass is 1150 g/mol. The average Bonchev–Trinajstić information content (AvgIpc) is 2.93. The Morgan fingerprint density at radius 1 is 0.116 bits per heavy atom. The van der Waals surface area contributed by atoms with Gasteiger partial charge in [0.2, 0.25) is 0 Å². The Balaban J connectivity index is 0.000000485. The van der Waals surface area contributed by atoms with Gasteiger partial charge in [0.15, 0.2) is 0 Å². The van der Waals surface area contributed by atoms with Crippen molar-refractivity contribution in [1.82, 2.24) is 0 Å². The Kier molecular flexibility index (Phi) is 33.6.